The van der Waals surface area contributed by atoms with Gasteiger partial charge in [-0.1, -0.05) is 42.1 Å². The second kappa shape index (κ2) is 8.19. The topological polar surface area (TPSA) is 70.1 Å². The Bertz CT molecular complexity index is 1340. The Morgan fingerprint density at radius 1 is 1.03 bits per heavy atom. The largest absolute Gasteiger partial charge is 0.497 e. The normalized spacial score (nSPS) is 16.9. The van der Waals surface area contributed by atoms with Crippen molar-refractivity contribution in [3.8, 4) is 17.3 Å². The van der Waals surface area contributed by atoms with Crippen LogP contribution in [0, 0.1) is 0 Å². The maximum Gasteiger partial charge on any atom is 0.213 e. The van der Waals surface area contributed by atoms with E-state index < -0.39 is 0 Å². The van der Waals surface area contributed by atoms with Crippen molar-refractivity contribution < 1.29 is 4.74 Å². The lowest BCUT2D eigenvalue weighted by molar-refractivity contribution is 0.415. The zero-order valence-corrected chi connectivity index (χ0v) is 19.4. The van der Waals surface area contributed by atoms with E-state index in [1.165, 1.54) is 16.8 Å². The fraction of sp³-hybridized carbons (Fsp3) is 0.280. The average Bonchev–Trinajstić information content (AvgIpc) is 3.56. The smallest absolute Gasteiger partial charge is 0.213 e. The number of nitrogens with zero attached hydrogens (tertiary/aromatic N) is 6. The third-order valence-corrected chi connectivity index (χ3v) is 7.31. The van der Waals surface area contributed by atoms with Gasteiger partial charge >= 0.3 is 0 Å². The predicted molar refractivity (Wildman–Crippen MR) is 129 cm³/mol. The van der Waals surface area contributed by atoms with Crippen LogP contribution < -0.4 is 4.74 Å². The molecule has 0 fully saturated rings. The van der Waals surface area contributed by atoms with Gasteiger partial charge in [0.1, 0.15) is 11.4 Å². The lowest BCUT2D eigenvalue weighted by Gasteiger charge is -2.20. The van der Waals surface area contributed by atoms with E-state index in [2.05, 4.69) is 58.2 Å². The number of hydrogen-bond acceptors (Lipinski definition) is 6. The van der Waals surface area contributed by atoms with E-state index in [-0.39, 0.29) is 5.25 Å². The van der Waals surface area contributed by atoms with Crippen molar-refractivity contribution in [2.24, 2.45) is 5.10 Å². The summed E-state index contributed by atoms with van der Waals surface area (Å²) in [5.74, 6) is 1.56. The molecule has 1 aliphatic heterocycles. The Morgan fingerprint density at radius 2 is 1.85 bits per heavy atom. The highest BCUT2D eigenvalue weighted by Crippen LogP contribution is 2.36. The Hall–Kier alpha value is -3.39. The summed E-state index contributed by atoms with van der Waals surface area (Å²) in [6, 6.07) is 18.5. The highest BCUT2D eigenvalue weighted by Gasteiger charge is 2.31. The van der Waals surface area contributed by atoms with Crippen LogP contribution in [0.5, 0.6) is 5.75 Å². The van der Waals surface area contributed by atoms with E-state index in [1.807, 2.05) is 22.9 Å². The molecule has 0 radical (unpaired) electrons. The molecule has 0 saturated carbocycles. The molecule has 8 heteroatoms. The van der Waals surface area contributed by atoms with E-state index in [9.17, 15) is 0 Å². The van der Waals surface area contributed by atoms with Crippen molar-refractivity contribution in [1.82, 2.24) is 24.7 Å². The van der Waals surface area contributed by atoms with E-state index in [0.717, 1.165) is 59.5 Å². The molecule has 0 saturated heterocycles. The van der Waals surface area contributed by atoms with Crippen LogP contribution in [0.25, 0.3) is 11.5 Å². The highest BCUT2D eigenvalue weighted by molar-refractivity contribution is 8.00. The molecule has 3 heterocycles. The molecule has 1 unspecified atom stereocenters. The summed E-state index contributed by atoms with van der Waals surface area (Å²) < 4.78 is 9.32. The summed E-state index contributed by atoms with van der Waals surface area (Å²) in [5, 5.41) is 20.0. The Labute approximate surface area is 196 Å². The Morgan fingerprint density at radius 3 is 2.64 bits per heavy atom. The molecule has 2 aromatic carbocycles. The number of hydrogen-bond donors (Lipinski definition) is 0. The molecule has 0 N–H and O–H groups in total. The number of aromatic nitrogens is 5. The second-order valence-corrected chi connectivity index (χ2v) is 9.67. The number of rotatable bonds is 5. The average molecular weight is 457 g/mol. The Balaban J connectivity index is 1.41. The van der Waals surface area contributed by atoms with Gasteiger partial charge in [0.15, 0.2) is 0 Å². The molecule has 0 spiro atoms. The van der Waals surface area contributed by atoms with E-state index >= 15 is 0 Å². The van der Waals surface area contributed by atoms with Gasteiger partial charge in [0.05, 0.1) is 24.6 Å². The van der Waals surface area contributed by atoms with Crippen LogP contribution in [-0.2, 0) is 19.4 Å². The quantitative estimate of drug-likeness (QED) is 0.444. The molecule has 4 aromatic rings. The van der Waals surface area contributed by atoms with Crippen molar-refractivity contribution in [2.75, 3.05) is 7.11 Å². The first-order valence-corrected chi connectivity index (χ1v) is 12.1. The van der Waals surface area contributed by atoms with Crippen molar-refractivity contribution in [3.05, 3.63) is 77.0 Å². The lowest BCUT2D eigenvalue weighted by atomic mass is 10.1. The molecule has 0 bridgehead atoms. The van der Waals surface area contributed by atoms with Crippen LogP contribution in [0.1, 0.15) is 35.7 Å². The first-order valence-electron chi connectivity index (χ1n) is 11.2. The van der Waals surface area contributed by atoms with Crippen LogP contribution >= 0.6 is 11.8 Å². The van der Waals surface area contributed by atoms with Crippen LogP contribution in [0.15, 0.2) is 64.9 Å². The maximum atomic E-state index is 5.31. The number of thioether (sulfide) groups is 1. The molecule has 0 amide bonds. The number of benzene rings is 2. The zero-order chi connectivity index (χ0) is 22.4. The molecular formula is C25H24N6OS. The molecule has 166 valence electrons. The highest BCUT2D eigenvalue weighted by atomic mass is 32.2. The first-order chi connectivity index (χ1) is 16.2. The van der Waals surface area contributed by atoms with Crippen molar-refractivity contribution in [3.63, 3.8) is 0 Å². The van der Waals surface area contributed by atoms with Crippen molar-refractivity contribution in [1.29, 1.82) is 0 Å². The summed E-state index contributed by atoms with van der Waals surface area (Å²) in [7, 11) is 1.68. The summed E-state index contributed by atoms with van der Waals surface area (Å²) in [4.78, 5) is 0. The minimum atomic E-state index is 0.171. The minimum Gasteiger partial charge on any atom is -0.497 e. The van der Waals surface area contributed by atoms with Gasteiger partial charge in [0, 0.05) is 11.3 Å². The first kappa shape index (κ1) is 20.2. The number of fused-ring (bicyclic) bond motifs is 2. The molecule has 33 heavy (non-hydrogen) atoms. The Kier molecular flexibility index (Phi) is 5.02. The molecular weight excluding hydrogens is 432 g/mol. The zero-order valence-electron chi connectivity index (χ0n) is 18.6. The van der Waals surface area contributed by atoms with Crippen molar-refractivity contribution in [2.45, 2.75) is 43.1 Å². The summed E-state index contributed by atoms with van der Waals surface area (Å²) in [6.45, 7) is 2.91. The minimum absolute atomic E-state index is 0.171. The van der Waals surface area contributed by atoms with Crippen LogP contribution in [0.3, 0.4) is 0 Å². The fourth-order valence-corrected chi connectivity index (χ4v) is 5.54. The van der Waals surface area contributed by atoms with Gasteiger partial charge in [-0.25, -0.2) is 0 Å². The van der Waals surface area contributed by atoms with Crippen LogP contribution in [-0.4, -0.2) is 42.7 Å². The number of ether oxygens (including phenoxy) is 1. The van der Waals surface area contributed by atoms with Gasteiger partial charge in [0.2, 0.25) is 11.0 Å². The third kappa shape index (κ3) is 3.54. The van der Waals surface area contributed by atoms with Crippen molar-refractivity contribution >= 4 is 17.5 Å². The monoisotopic (exact) mass is 456 g/mol. The number of methoxy groups -OCH3 is 1. The van der Waals surface area contributed by atoms with Crippen LogP contribution in [0.2, 0.25) is 0 Å². The van der Waals surface area contributed by atoms with Gasteiger partial charge in [-0.2, -0.15) is 14.9 Å². The van der Waals surface area contributed by atoms with Gasteiger partial charge in [-0.15, -0.1) is 10.2 Å². The molecule has 1 aliphatic carbocycles. The molecule has 1 atom stereocenters. The SMILES string of the molecule is COc1ccc(C2=Nn3c(nnc3-c3nn(Cc4ccccc4)c4c3CCC4)SC2C)cc1. The third-order valence-electron chi connectivity index (χ3n) is 6.27. The summed E-state index contributed by atoms with van der Waals surface area (Å²) >= 11 is 1.68. The predicted octanol–water partition coefficient (Wildman–Crippen LogP) is 4.43. The standard InChI is InChI=1S/C25H24N6OS/c1-16-22(18-11-13-19(32-2)14-12-18)29-31-24(26-27-25(31)33-16)23-20-9-6-10-21(20)30(28-23)15-17-7-4-3-5-8-17/h3-5,7-8,11-14,16H,6,9-10,15H2,1-2H3. The molecule has 2 aromatic heterocycles. The van der Waals surface area contributed by atoms with Crippen LogP contribution in [0.4, 0.5) is 0 Å². The second-order valence-electron chi connectivity index (χ2n) is 8.36. The van der Waals surface area contributed by atoms with Gasteiger partial charge in [-0.3, -0.25) is 4.68 Å². The fourth-order valence-electron chi connectivity index (χ4n) is 4.61. The van der Waals surface area contributed by atoms with E-state index in [1.54, 1.807) is 18.9 Å². The maximum absolute atomic E-state index is 5.31. The molecule has 6 rings (SSSR count). The van der Waals surface area contributed by atoms with E-state index in [0.29, 0.717) is 0 Å². The van der Waals surface area contributed by atoms with E-state index in [4.69, 9.17) is 14.9 Å². The van der Waals surface area contributed by atoms with Gasteiger partial charge in [0.25, 0.3) is 0 Å². The lowest BCUT2D eigenvalue weighted by Crippen LogP contribution is -2.21. The summed E-state index contributed by atoms with van der Waals surface area (Å²) in [5.41, 5.74) is 6.81. The molecule has 7 nitrogen and oxygen atoms in total. The van der Waals surface area contributed by atoms with Gasteiger partial charge < -0.3 is 4.74 Å². The summed E-state index contributed by atoms with van der Waals surface area (Å²) in [6.07, 6.45) is 3.20. The molecule has 2 aliphatic rings. The van der Waals surface area contributed by atoms with Gasteiger partial charge in [-0.05, 0) is 61.6 Å².